The first-order valence-electron chi connectivity index (χ1n) is 16.8. The minimum atomic E-state index is 0.666. The van der Waals surface area contributed by atoms with Crippen LogP contribution in [-0.2, 0) is 0 Å². The number of para-hydroxylation sites is 3. The molecule has 0 saturated carbocycles. The number of nitrogens with zero attached hydrogens (tertiary/aromatic N) is 3. The lowest BCUT2D eigenvalue weighted by atomic mass is 10.0. The quantitative estimate of drug-likeness (QED) is 0.188. The summed E-state index contributed by atoms with van der Waals surface area (Å²) in [6.45, 7) is 0. The first kappa shape index (κ1) is 28.3. The van der Waals surface area contributed by atoms with Gasteiger partial charge >= 0.3 is 0 Å². The lowest BCUT2D eigenvalue weighted by Gasteiger charge is -2.10. The van der Waals surface area contributed by atoms with E-state index in [9.17, 15) is 0 Å². The average Bonchev–Trinajstić information content (AvgIpc) is 3.74. The highest BCUT2D eigenvalue weighted by atomic mass is 16.3. The van der Waals surface area contributed by atoms with Crippen molar-refractivity contribution in [2.75, 3.05) is 0 Å². The molecule has 4 nitrogen and oxygen atoms in total. The summed E-state index contributed by atoms with van der Waals surface area (Å²) in [6, 6.07) is 61.4. The molecule has 0 saturated heterocycles. The van der Waals surface area contributed by atoms with Crippen LogP contribution < -0.4 is 0 Å². The molecular weight excluding hydrogens is 611 g/mol. The lowest BCUT2D eigenvalue weighted by molar-refractivity contribution is 0.668. The molecule has 0 atom stereocenters. The van der Waals surface area contributed by atoms with E-state index in [1.165, 1.54) is 21.8 Å². The van der Waals surface area contributed by atoms with Crippen LogP contribution in [-0.4, -0.2) is 14.5 Å². The number of hydrogen-bond donors (Lipinski definition) is 0. The van der Waals surface area contributed by atoms with Crippen LogP contribution in [0.2, 0.25) is 0 Å². The zero-order valence-corrected chi connectivity index (χ0v) is 27.0. The fraction of sp³-hybridized carbons (Fsp3) is 0. The third kappa shape index (κ3) is 4.54. The van der Waals surface area contributed by atoms with Gasteiger partial charge in [-0.15, -0.1) is 0 Å². The van der Waals surface area contributed by atoms with Gasteiger partial charge in [0.15, 0.2) is 11.4 Å². The molecule has 0 fully saturated rings. The molecule has 3 heterocycles. The normalized spacial score (nSPS) is 11.6. The topological polar surface area (TPSA) is 43.9 Å². The maximum atomic E-state index is 6.90. The lowest BCUT2D eigenvalue weighted by Crippen LogP contribution is -1.94. The molecule has 10 rings (SSSR count). The second-order valence-corrected chi connectivity index (χ2v) is 12.6. The van der Waals surface area contributed by atoms with Gasteiger partial charge in [-0.1, -0.05) is 140 Å². The number of hydrogen-bond acceptors (Lipinski definition) is 3. The summed E-state index contributed by atoms with van der Waals surface area (Å²) >= 11 is 0. The Morgan fingerprint density at radius 1 is 0.400 bits per heavy atom. The monoisotopic (exact) mass is 639 g/mol. The Labute approximate surface area is 288 Å². The summed E-state index contributed by atoms with van der Waals surface area (Å²) in [5, 5.41) is 3.44. The number of furan rings is 1. The van der Waals surface area contributed by atoms with E-state index in [0.29, 0.717) is 11.4 Å². The van der Waals surface area contributed by atoms with Crippen LogP contribution in [0.25, 0.3) is 94.5 Å². The van der Waals surface area contributed by atoms with Crippen LogP contribution in [0.5, 0.6) is 0 Å². The summed E-state index contributed by atoms with van der Waals surface area (Å²) in [6.07, 6.45) is 0. The molecule has 234 valence electrons. The minimum absolute atomic E-state index is 0.666. The summed E-state index contributed by atoms with van der Waals surface area (Å²) < 4.78 is 9.25. The molecule has 0 bridgehead atoms. The molecule has 0 aliphatic rings. The third-order valence-electron chi connectivity index (χ3n) is 9.61. The van der Waals surface area contributed by atoms with Crippen LogP contribution in [0.3, 0.4) is 0 Å². The summed E-state index contributed by atoms with van der Waals surface area (Å²) in [5.74, 6) is 0.666. The fourth-order valence-corrected chi connectivity index (χ4v) is 7.29. The molecule has 3 aromatic heterocycles. The van der Waals surface area contributed by atoms with Gasteiger partial charge in [-0.3, -0.25) is 0 Å². The van der Waals surface area contributed by atoms with Crippen LogP contribution in [0, 0.1) is 0 Å². The molecule has 0 aliphatic heterocycles. The average molecular weight is 640 g/mol. The summed E-state index contributed by atoms with van der Waals surface area (Å²) in [7, 11) is 0. The van der Waals surface area contributed by atoms with Gasteiger partial charge in [0.05, 0.1) is 11.0 Å². The van der Waals surface area contributed by atoms with E-state index in [1.54, 1.807) is 0 Å². The summed E-state index contributed by atoms with van der Waals surface area (Å²) in [4.78, 5) is 10.3. The Bertz CT molecular complexity index is 2810. The Hall–Kier alpha value is -6.78. The van der Waals surface area contributed by atoms with Crippen molar-refractivity contribution < 1.29 is 4.42 Å². The van der Waals surface area contributed by atoms with Gasteiger partial charge in [-0.05, 0) is 53.1 Å². The van der Waals surface area contributed by atoms with Gasteiger partial charge < -0.3 is 8.98 Å². The highest BCUT2D eigenvalue weighted by Gasteiger charge is 2.21. The Kier molecular flexibility index (Phi) is 6.46. The molecule has 0 amide bonds. The third-order valence-corrected chi connectivity index (χ3v) is 9.61. The van der Waals surface area contributed by atoms with Crippen molar-refractivity contribution in [3.05, 3.63) is 176 Å². The van der Waals surface area contributed by atoms with Crippen LogP contribution in [0.4, 0.5) is 0 Å². The number of rotatable bonds is 5. The highest BCUT2D eigenvalue weighted by molar-refractivity contribution is 6.12. The van der Waals surface area contributed by atoms with Crippen molar-refractivity contribution >= 4 is 43.9 Å². The Morgan fingerprint density at radius 3 is 1.74 bits per heavy atom. The summed E-state index contributed by atoms with van der Waals surface area (Å²) in [5.41, 5.74) is 12.8. The molecular formula is C46H29N3O. The first-order chi connectivity index (χ1) is 24.8. The molecule has 4 heteroatoms. The predicted octanol–water partition coefficient (Wildman–Crippen LogP) is 12.1. The van der Waals surface area contributed by atoms with Gasteiger partial charge in [0.2, 0.25) is 0 Å². The van der Waals surface area contributed by atoms with Gasteiger partial charge in [0, 0.05) is 38.5 Å². The molecule has 0 radical (unpaired) electrons. The maximum absolute atomic E-state index is 6.90. The zero-order chi connectivity index (χ0) is 33.0. The van der Waals surface area contributed by atoms with Gasteiger partial charge in [0.25, 0.3) is 0 Å². The minimum Gasteiger partial charge on any atom is -0.451 e. The van der Waals surface area contributed by atoms with Crippen molar-refractivity contribution in [2.24, 2.45) is 0 Å². The van der Waals surface area contributed by atoms with Gasteiger partial charge in [-0.2, -0.15) is 0 Å². The van der Waals surface area contributed by atoms with E-state index in [1.807, 2.05) is 24.3 Å². The molecule has 0 N–H and O–H groups in total. The molecule has 0 spiro atoms. The van der Waals surface area contributed by atoms with Crippen molar-refractivity contribution in [3.8, 4) is 50.6 Å². The molecule has 0 aliphatic carbocycles. The fourth-order valence-electron chi connectivity index (χ4n) is 7.29. The number of fused-ring (bicyclic) bond motifs is 6. The zero-order valence-electron chi connectivity index (χ0n) is 27.0. The van der Waals surface area contributed by atoms with E-state index in [2.05, 4.69) is 156 Å². The number of aromatic nitrogens is 3. The first-order valence-corrected chi connectivity index (χ1v) is 16.8. The smallest absolute Gasteiger partial charge is 0.180 e. The largest absolute Gasteiger partial charge is 0.451 e. The van der Waals surface area contributed by atoms with Crippen molar-refractivity contribution in [1.29, 1.82) is 0 Å². The molecule has 7 aromatic carbocycles. The standard InChI is InChI=1S/C46H29N3O/c1-3-14-30(15-4-1)32-18-11-20-34(28-32)42-45-43(48-46(47-42)31-16-5-2-6-17-31)39-25-13-24-36(44(39)50-45)33-19-12-21-35(29-33)49-40-26-9-7-22-37(40)38-23-8-10-27-41(38)49/h1-29H. The SMILES string of the molecule is c1ccc(-c2cccc(-c3nc(-c4ccccc4)nc4c3oc3c(-c5cccc(-n6c7ccccc7c7ccccc76)c5)cccc34)c2)cc1. The van der Waals surface area contributed by atoms with Crippen molar-refractivity contribution in [2.45, 2.75) is 0 Å². The Balaban J connectivity index is 1.19. The number of benzene rings is 7. The van der Waals surface area contributed by atoms with Crippen LogP contribution in [0.1, 0.15) is 0 Å². The second kappa shape index (κ2) is 11.4. The highest BCUT2D eigenvalue weighted by Crippen LogP contribution is 2.41. The molecule has 10 aromatic rings. The van der Waals surface area contributed by atoms with Crippen LogP contribution in [0.15, 0.2) is 180 Å². The van der Waals surface area contributed by atoms with E-state index in [0.717, 1.165) is 61.2 Å². The Morgan fingerprint density at radius 2 is 0.980 bits per heavy atom. The van der Waals surface area contributed by atoms with Crippen molar-refractivity contribution in [1.82, 2.24) is 14.5 Å². The maximum Gasteiger partial charge on any atom is 0.180 e. The predicted molar refractivity (Wildman–Crippen MR) is 205 cm³/mol. The van der Waals surface area contributed by atoms with Crippen molar-refractivity contribution in [3.63, 3.8) is 0 Å². The van der Waals surface area contributed by atoms with Gasteiger partial charge in [0.1, 0.15) is 16.8 Å². The second-order valence-electron chi connectivity index (χ2n) is 12.6. The van der Waals surface area contributed by atoms with Crippen LogP contribution >= 0.6 is 0 Å². The van der Waals surface area contributed by atoms with E-state index in [4.69, 9.17) is 14.4 Å². The van der Waals surface area contributed by atoms with E-state index >= 15 is 0 Å². The molecule has 0 unspecified atom stereocenters. The van der Waals surface area contributed by atoms with E-state index in [-0.39, 0.29) is 0 Å². The molecule has 50 heavy (non-hydrogen) atoms. The van der Waals surface area contributed by atoms with E-state index < -0.39 is 0 Å². The van der Waals surface area contributed by atoms with Gasteiger partial charge in [-0.25, -0.2) is 9.97 Å².